The lowest BCUT2D eigenvalue weighted by atomic mass is 9.73. The maximum Gasteiger partial charge on any atom is 0.00919 e. The zero-order chi connectivity index (χ0) is 29.1. The van der Waals surface area contributed by atoms with E-state index in [-0.39, 0.29) is 0 Å². The molecule has 0 N–H and O–H groups in total. The van der Waals surface area contributed by atoms with Crippen molar-refractivity contribution in [3.8, 4) is 0 Å². The second-order valence-electron chi connectivity index (χ2n) is 11.7. The molecule has 0 bridgehead atoms. The van der Waals surface area contributed by atoms with Crippen LogP contribution in [0, 0.1) is 5.92 Å². The van der Waals surface area contributed by atoms with E-state index in [1.54, 1.807) is 0 Å². The van der Waals surface area contributed by atoms with Crippen LogP contribution >= 0.6 is 0 Å². The molecule has 0 heterocycles. The predicted molar refractivity (Wildman–Crippen MR) is 182 cm³/mol. The molecule has 0 aliphatic heterocycles. The van der Waals surface area contributed by atoms with Gasteiger partial charge < -0.3 is 0 Å². The summed E-state index contributed by atoms with van der Waals surface area (Å²) >= 11 is 0. The third kappa shape index (κ3) is 7.40. The van der Waals surface area contributed by atoms with Crippen LogP contribution < -0.4 is 0 Å². The Morgan fingerprint density at radius 3 is 0.558 bits per heavy atom. The fourth-order valence-corrected chi connectivity index (χ4v) is 6.79. The van der Waals surface area contributed by atoms with Gasteiger partial charge in [-0.15, -0.1) is 0 Å². The molecule has 0 saturated heterocycles. The molecule has 0 heteroatoms. The highest BCUT2D eigenvalue weighted by atomic mass is 14.3. The molecule has 0 aliphatic carbocycles. The Balaban J connectivity index is 1.43. The lowest BCUT2D eigenvalue weighted by Gasteiger charge is -2.31. The zero-order valence-electron chi connectivity index (χ0n) is 24.8. The van der Waals surface area contributed by atoms with Gasteiger partial charge in [-0.2, -0.15) is 0 Å². The summed E-state index contributed by atoms with van der Waals surface area (Å²) < 4.78 is 0. The molecule has 6 aromatic carbocycles. The zero-order valence-corrected chi connectivity index (χ0v) is 24.8. The quantitative estimate of drug-likeness (QED) is 0.141. The molecule has 0 nitrogen and oxygen atoms in total. The number of hydrogen-bond acceptors (Lipinski definition) is 0. The summed E-state index contributed by atoms with van der Waals surface area (Å²) in [6.45, 7) is 0. The SMILES string of the molecule is c1ccc(C(CC(CC(c2ccccc2)c2ccccc2)CC(c2ccccc2)c2ccccc2)c2ccccc2)cc1. The highest BCUT2D eigenvalue weighted by molar-refractivity contribution is 5.36. The first-order chi connectivity index (χ1) is 21.3. The van der Waals surface area contributed by atoms with Crippen molar-refractivity contribution in [2.24, 2.45) is 5.92 Å². The van der Waals surface area contributed by atoms with Gasteiger partial charge in [0.05, 0.1) is 0 Å². The highest BCUT2D eigenvalue weighted by Crippen LogP contribution is 2.43. The topological polar surface area (TPSA) is 0 Å². The van der Waals surface area contributed by atoms with Crippen LogP contribution in [-0.2, 0) is 0 Å². The Morgan fingerprint density at radius 1 is 0.233 bits per heavy atom. The molecular formula is C43H40. The molecule has 43 heavy (non-hydrogen) atoms. The third-order valence-electron chi connectivity index (χ3n) is 8.92. The van der Waals surface area contributed by atoms with Crippen LogP contribution in [0.15, 0.2) is 182 Å². The second kappa shape index (κ2) is 14.5. The molecule has 0 unspecified atom stereocenters. The molecular weight excluding hydrogens is 516 g/mol. The van der Waals surface area contributed by atoms with Gasteiger partial charge in [0.2, 0.25) is 0 Å². The van der Waals surface area contributed by atoms with Crippen molar-refractivity contribution < 1.29 is 0 Å². The number of rotatable bonds is 12. The summed E-state index contributed by atoms with van der Waals surface area (Å²) in [7, 11) is 0. The van der Waals surface area contributed by atoms with Crippen molar-refractivity contribution in [3.05, 3.63) is 215 Å². The van der Waals surface area contributed by atoms with E-state index in [2.05, 4.69) is 182 Å². The molecule has 0 atom stereocenters. The molecule has 0 aromatic heterocycles. The van der Waals surface area contributed by atoms with Crippen molar-refractivity contribution in [1.29, 1.82) is 0 Å². The Labute approximate surface area is 257 Å². The van der Waals surface area contributed by atoms with Crippen molar-refractivity contribution in [3.63, 3.8) is 0 Å². The van der Waals surface area contributed by atoms with Crippen molar-refractivity contribution >= 4 is 0 Å². The van der Waals surface area contributed by atoms with Crippen LogP contribution in [-0.4, -0.2) is 0 Å². The first-order valence-corrected chi connectivity index (χ1v) is 15.6. The van der Waals surface area contributed by atoms with E-state index in [0.29, 0.717) is 23.7 Å². The minimum Gasteiger partial charge on any atom is -0.0622 e. The van der Waals surface area contributed by atoms with Gasteiger partial charge in [-0.05, 0) is 58.6 Å². The minimum atomic E-state index is 0.326. The minimum absolute atomic E-state index is 0.326. The van der Waals surface area contributed by atoms with Gasteiger partial charge in [0.1, 0.15) is 0 Å². The van der Waals surface area contributed by atoms with Crippen LogP contribution in [0.2, 0.25) is 0 Å². The number of benzene rings is 6. The van der Waals surface area contributed by atoms with Crippen LogP contribution in [0.4, 0.5) is 0 Å². The van der Waals surface area contributed by atoms with Gasteiger partial charge in [0.15, 0.2) is 0 Å². The monoisotopic (exact) mass is 556 g/mol. The van der Waals surface area contributed by atoms with Gasteiger partial charge in [0.25, 0.3) is 0 Å². The summed E-state index contributed by atoms with van der Waals surface area (Å²) in [4.78, 5) is 0. The van der Waals surface area contributed by atoms with Gasteiger partial charge in [-0.25, -0.2) is 0 Å². The Morgan fingerprint density at radius 2 is 0.395 bits per heavy atom. The molecule has 0 fully saturated rings. The van der Waals surface area contributed by atoms with Gasteiger partial charge >= 0.3 is 0 Å². The lowest BCUT2D eigenvalue weighted by Crippen LogP contribution is -2.17. The second-order valence-corrected chi connectivity index (χ2v) is 11.7. The van der Waals surface area contributed by atoms with E-state index in [0.717, 1.165) is 19.3 Å². The molecule has 212 valence electrons. The Hall–Kier alpha value is -4.68. The molecule has 0 aliphatic rings. The smallest absolute Gasteiger partial charge is 0.00919 e. The number of hydrogen-bond donors (Lipinski definition) is 0. The molecule has 0 amide bonds. The average molecular weight is 557 g/mol. The van der Waals surface area contributed by atoms with Gasteiger partial charge in [-0.3, -0.25) is 0 Å². The van der Waals surface area contributed by atoms with Crippen LogP contribution in [0.25, 0.3) is 0 Å². The summed E-state index contributed by atoms with van der Waals surface area (Å²) in [5.41, 5.74) is 8.36. The van der Waals surface area contributed by atoms with E-state index >= 15 is 0 Å². The van der Waals surface area contributed by atoms with Gasteiger partial charge in [0, 0.05) is 17.8 Å². The predicted octanol–water partition coefficient (Wildman–Crippen LogP) is 11.3. The fraction of sp³-hybridized carbons (Fsp3) is 0.163. The van der Waals surface area contributed by atoms with Gasteiger partial charge in [-0.1, -0.05) is 182 Å². The maximum absolute atomic E-state index is 2.31. The Kier molecular flexibility index (Phi) is 9.57. The highest BCUT2D eigenvalue weighted by Gasteiger charge is 2.28. The van der Waals surface area contributed by atoms with Crippen LogP contribution in [0.5, 0.6) is 0 Å². The normalized spacial score (nSPS) is 11.4. The van der Waals surface area contributed by atoms with E-state index < -0.39 is 0 Å². The standard InChI is InChI=1S/C43H40/c1-7-19-35(20-8-1)41(36-21-9-2-10-22-36)31-34(32-42(37-23-11-3-12-24-37)38-25-13-4-14-26-38)33-43(39-27-15-5-16-28-39)40-29-17-6-18-30-40/h1-30,34,41-43H,31-33H2. The van der Waals surface area contributed by atoms with E-state index in [4.69, 9.17) is 0 Å². The van der Waals surface area contributed by atoms with Crippen LogP contribution in [0.3, 0.4) is 0 Å². The maximum atomic E-state index is 2.31. The van der Waals surface area contributed by atoms with E-state index in [9.17, 15) is 0 Å². The molecule has 0 radical (unpaired) electrons. The molecule has 6 rings (SSSR count). The van der Waals surface area contributed by atoms with Crippen LogP contribution in [0.1, 0.15) is 70.4 Å². The summed E-state index contributed by atoms with van der Waals surface area (Å²) in [5, 5.41) is 0. The third-order valence-corrected chi connectivity index (χ3v) is 8.92. The molecule has 0 spiro atoms. The first kappa shape index (κ1) is 28.4. The van der Waals surface area contributed by atoms with Crippen molar-refractivity contribution in [1.82, 2.24) is 0 Å². The first-order valence-electron chi connectivity index (χ1n) is 15.6. The van der Waals surface area contributed by atoms with Crippen molar-refractivity contribution in [2.75, 3.05) is 0 Å². The largest absolute Gasteiger partial charge is 0.0622 e. The van der Waals surface area contributed by atoms with E-state index in [1.807, 2.05) is 0 Å². The average Bonchev–Trinajstić information content (AvgIpc) is 3.10. The summed E-state index contributed by atoms with van der Waals surface area (Å²) in [6, 6.07) is 66.8. The fourth-order valence-electron chi connectivity index (χ4n) is 6.79. The summed E-state index contributed by atoms with van der Waals surface area (Å²) in [6.07, 6.45) is 3.25. The lowest BCUT2D eigenvalue weighted by molar-refractivity contribution is 0.368. The molecule has 0 saturated carbocycles. The Bertz CT molecular complexity index is 1290. The molecule has 6 aromatic rings. The van der Waals surface area contributed by atoms with Crippen molar-refractivity contribution in [2.45, 2.75) is 37.0 Å². The summed E-state index contributed by atoms with van der Waals surface area (Å²) in [5.74, 6) is 1.44. The van der Waals surface area contributed by atoms with E-state index in [1.165, 1.54) is 33.4 Å².